The molecule has 2 fully saturated rings. The Kier molecular flexibility index (Phi) is 5.10. The van der Waals surface area contributed by atoms with Gasteiger partial charge in [0.25, 0.3) is 5.91 Å². The minimum Gasteiger partial charge on any atom is -0.497 e. The molecule has 1 atom stereocenters. The zero-order valence-electron chi connectivity index (χ0n) is 16.4. The summed E-state index contributed by atoms with van der Waals surface area (Å²) in [5, 5.41) is 20.6. The molecule has 2 heterocycles. The summed E-state index contributed by atoms with van der Waals surface area (Å²) in [6, 6.07) is 5.30. The highest BCUT2D eigenvalue weighted by Gasteiger charge is 2.47. The van der Waals surface area contributed by atoms with Crippen LogP contribution >= 0.6 is 0 Å². The van der Waals surface area contributed by atoms with Crippen LogP contribution in [0.2, 0.25) is 0 Å². The van der Waals surface area contributed by atoms with E-state index in [1.807, 2.05) is 6.07 Å². The van der Waals surface area contributed by atoms with Gasteiger partial charge in [-0.1, -0.05) is 0 Å². The number of amides is 3. The average molecular weight is 401 g/mol. The van der Waals surface area contributed by atoms with Gasteiger partial charge in [-0.25, -0.2) is 4.79 Å². The molecule has 2 aromatic rings. The number of hydrogen-bond acceptors (Lipinski definition) is 6. The maximum absolute atomic E-state index is 12.7. The largest absolute Gasteiger partial charge is 0.497 e. The number of ether oxygens (including phenoxy) is 1. The van der Waals surface area contributed by atoms with Crippen molar-refractivity contribution in [2.75, 3.05) is 13.7 Å². The number of aromatic nitrogens is 1. The summed E-state index contributed by atoms with van der Waals surface area (Å²) >= 11 is 0. The van der Waals surface area contributed by atoms with Crippen LogP contribution in [0.3, 0.4) is 0 Å². The summed E-state index contributed by atoms with van der Waals surface area (Å²) in [5.74, 6) is 0.310. The van der Waals surface area contributed by atoms with E-state index >= 15 is 0 Å². The lowest BCUT2D eigenvalue weighted by Gasteiger charge is -2.32. The molecule has 9 heteroatoms. The maximum Gasteiger partial charge on any atom is 0.322 e. The molecule has 4 rings (SSSR count). The molecule has 0 bridgehead atoms. The molecule has 1 saturated heterocycles. The zero-order valence-corrected chi connectivity index (χ0v) is 16.4. The van der Waals surface area contributed by atoms with E-state index in [0.717, 1.165) is 31.1 Å². The number of benzene rings is 1. The van der Waals surface area contributed by atoms with Gasteiger partial charge in [-0.05, 0) is 43.9 Å². The lowest BCUT2D eigenvalue weighted by atomic mass is 9.90. The molecule has 9 nitrogen and oxygen atoms in total. The number of methoxy groups -OCH3 is 1. The van der Waals surface area contributed by atoms with Crippen LogP contribution in [0.4, 0.5) is 4.79 Å². The van der Waals surface area contributed by atoms with Crippen molar-refractivity contribution in [2.24, 2.45) is 5.73 Å². The van der Waals surface area contributed by atoms with Gasteiger partial charge in [-0.3, -0.25) is 10.1 Å². The molecule has 0 spiro atoms. The molecule has 6 N–H and O–H groups in total. The Bertz CT molecular complexity index is 934. The first-order chi connectivity index (χ1) is 13.9. The number of urea groups is 1. The van der Waals surface area contributed by atoms with E-state index in [2.05, 4.69) is 16.0 Å². The van der Waals surface area contributed by atoms with Crippen molar-refractivity contribution in [3.63, 3.8) is 0 Å². The van der Waals surface area contributed by atoms with E-state index in [0.29, 0.717) is 11.1 Å². The van der Waals surface area contributed by atoms with Gasteiger partial charge in [0.2, 0.25) is 0 Å². The Morgan fingerprint density at radius 2 is 2.07 bits per heavy atom. The number of nitrogens with two attached hydrogens (primary N) is 1. The fourth-order valence-corrected chi connectivity index (χ4v) is 4.23. The third kappa shape index (κ3) is 3.75. The molecule has 1 aromatic carbocycles. The highest BCUT2D eigenvalue weighted by atomic mass is 16.5. The van der Waals surface area contributed by atoms with E-state index in [4.69, 9.17) is 10.5 Å². The Morgan fingerprint density at radius 1 is 1.31 bits per heavy atom. The topological polar surface area (TPSA) is 131 Å². The number of fused-ring (bicyclic) bond motifs is 1. The van der Waals surface area contributed by atoms with Crippen LogP contribution in [0, 0.1) is 0 Å². The number of nitrogens with one attached hydrogen (secondary N) is 3. The van der Waals surface area contributed by atoms with Gasteiger partial charge in [0.05, 0.1) is 13.7 Å². The predicted molar refractivity (Wildman–Crippen MR) is 108 cm³/mol. The summed E-state index contributed by atoms with van der Waals surface area (Å²) in [6.45, 7) is 0.369. The van der Waals surface area contributed by atoms with Crippen LogP contribution in [0.5, 0.6) is 11.6 Å². The SMILES string of the molecule is COc1ccc2c(O)n(CC3(CNC4CCC(N)CC4)NC(=O)NC3=O)cc2c1. The van der Waals surface area contributed by atoms with Gasteiger partial charge in [-0.15, -0.1) is 0 Å². The van der Waals surface area contributed by atoms with E-state index in [1.165, 1.54) is 0 Å². The molecule has 156 valence electrons. The number of imide groups is 1. The van der Waals surface area contributed by atoms with E-state index in [1.54, 1.807) is 30.0 Å². The Labute approximate surface area is 168 Å². The van der Waals surface area contributed by atoms with Gasteiger partial charge in [0, 0.05) is 35.6 Å². The number of nitrogens with zero attached hydrogens (tertiary/aromatic N) is 1. The summed E-state index contributed by atoms with van der Waals surface area (Å²) in [6.07, 6.45) is 5.51. The molecule has 1 unspecified atom stereocenters. The fourth-order valence-electron chi connectivity index (χ4n) is 4.23. The first kappa shape index (κ1) is 19.5. The van der Waals surface area contributed by atoms with Crippen LogP contribution < -0.4 is 26.4 Å². The normalized spacial score (nSPS) is 27.1. The monoisotopic (exact) mass is 401 g/mol. The lowest BCUT2D eigenvalue weighted by Crippen LogP contribution is -2.58. The van der Waals surface area contributed by atoms with Crippen molar-refractivity contribution in [1.29, 1.82) is 0 Å². The van der Waals surface area contributed by atoms with Crippen LogP contribution in [-0.2, 0) is 11.3 Å². The Balaban J connectivity index is 1.58. The van der Waals surface area contributed by atoms with Crippen molar-refractivity contribution < 1.29 is 19.4 Å². The highest BCUT2D eigenvalue weighted by Crippen LogP contribution is 2.31. The standard InChI is InChI=1S/C20H27N5O4/c1-29-15-6-7-16-12(8-15)9-25(17(16)26)11-20(18(27)23-19(28)24-20)10-22-14-4-2-13(21)3-5-14/h6-9,13-14,22,26H,2-5,10-11,21H2,1H3,(H2,23,24,27,28). The van der Waals surface area contributed by atoms with Crippen LogP contribution in [0.25, 0.3) is 10.8 Å². The van der Waals surface area contributed by atoms with Crippen molar-refractivity contribution in [2.45, 2.75) is 49.9 Å². The second-order valence-corrected chi connectivity index (χ2v) is 8.02. The maximum atomic E-state index is 12.7. The molecule has 0 radical (unpaired) electrons. The summed E-state index contributed by atoms with van der Waals surface area (Å²) in [5.41, 5.74) is 4.78. The third-order valence-electron chi connectivity index (χ3n) is 5.99. The van der Waals surface area contributed by atoms with Gasteiger partial charge in [-0.2, -0.15) is 0 Å². The first-order valence-corrected chi connectivity index (χ1v) is 9.88. The van der Waals surface area contributed by atoms with Crippen molar-refractivity contribution in [3.05, 3.63) is 24.4 Å². The van der Waals surface area contributed by atoms with Crippen molar-refractivity contribution >= 4 is 22.7 Å². The third-order valence-corrected chi connectivity index (χ3v) is 5.99. The first-order valence-electron chi connectivity index (χ1n) is 9.88. The highest BCUT2D eigenvalue weighted by molar-refractivity contribution is 6.07. The molecule has 3 amide bonds. The molecule has 2 aliphatic rings. The minimum atomic E-state index is -1.19. The summed E-state index contributed by atoms with van der Waals surface area (Å²) in [4.78, 5) is 24.6. The number of hydrogen-bond donors (Lipinski definition) is 5. The van der Waals surface area contributed by atoms with Gasteiger partial charge in [0.1, 0.15) is 5.75 Å². The van der Waals surface area contributed by atoms with Gasteiger partial charge >= 0.3 is 6.03 Å². The molecule has 29 heavy (non-hydrogen) atoms. The van der Waals surface area contributed by atoms with Crippen LogP contribution in [0.1, 0.15) is 25.7 Å². The molecular weight excluding hydrogens is 374 g/mol. The van der Waals surface area contributed by atoms with Crippen LogP contribution in [-0.4, -0.2) is 52.9 Å². The van der Waals surface area contributed by atoms with Crippen molar-refractivity contribution in [1.82, 2.24) is 20.5 Å². The number of aromatic hydroxyl groups is 1. The summed E-state index contributed by atoms with van der Waals surface area (Å²) in [7, 11) is 1.58. The molecule has 1 saturated carbocycles. The zero-order chi connectivity index (χ0) is 20.6. The number of carbonyl (C=O) groups excluding carboxylic acids is 2. The Hall–Kier alpha value is -2.78. The second kappa shape index (κ2) is 7.57. The lowest BCUT2D eigenvalue weighted by molar-refractivity contribution is -0.124. The minimum absolute atomic E-state index is 0.0413. The average Bonchev–Trinajstić information content (AvgIpc) is 3.16. The van der Waals surface area contributed by atoms with E-state index in [9.17, 15) is 14.7 Å². The summed E-state index contributed by atoms with van der Waals surface area (Å²) < 4.78 is 6.83. The number of rotatable bonds is 6. The smallest absolute Gasteiger partial charge is 0.322 e. The quantitative estimate of drug-likeness (QED) is 0.455. The van der Waals surface area contributed by atoms with E-state index in [-0.39, 0.29) is 31.1 Å². The predicted octanol–water partition coefficient (Wildman–Crippen LogP) is 0.793. The molecule has 1 aliphatic carbocycles. The van der Waals surface area contributed by atoms with Gasteiger partial charge < -0.3 is 30.8 Å². The molecule has 1 aromatic heterocycles. The van der Waals surface area contributed by atoms with Crippen molar-refractivity contribution in [3.8, 4) is 11.6 Å². The van der Waals surface area contributed by atoms with Crippen LogP contribution in [0.15, 0.2) is 24.4 Å². The van der Waals surface area contributed by atoms with E-state index < -0.39 is 17.5 Å². The molecular formula is C20H27N5O4. The molecule has 1 aliphatic heterocycles. The second-order valence-electron chi connectivity index (χ2n) is 8.02. The Morgan fingerprint density at radius 3 is 2.72 bits per heavy atom. The fraction of sp³-hybridized carbons (Fsp3) is 0.500. The number of carbonyl (C=O) groups is 2. The van der Waals surface area contributed by atoms with Gasteiger partial charge in [0.15, 0.2) is 11.4 Å².